The lowest BCUT2D eigenvalue weighted by atomic mass is 9.81. The molecule has 1 aliphatic rings. The number of nitrogens with two attached hydrogens (primary N) is 1. The standard InChI is InChI=1S/C13H25N3O3/c1-13(2,3)19-12(18)15-8-9-4-6-10(7-5-9)11(17)16-14/h9-10H,4-8,14H2,1-3H3,(H,15,18)(H,16,17)/t9-,10-. The van der Waals surface area contributed by atoms with Crippen molar-refractivity contribution < 1.29 is 14.3 Å². The molecule has 6 heteroatoms. The fraction of sp³-hybridized carbons (Fsp3) is 0.846. The zero-order valence-corrected chi connectivity index (χ0v) is 12.0. The van der Waals surface area contributed by atoms with Gasteiger partial charge in [-0.25, -0.2) is 10.6 Å². The molecule has 0 spiro atoms. The normalized spacial score (nSPS) is 23.6. The van der Waals surface area contributed by atoms with E-state index in [0.717, 1.165) is 25.7 Å². The minimum Gasteiger partial charge on any atom is -0.444 e. The summed E-state index contributed by atoms with van der Waals surface area (Å²) in [6.45, 7) is 6.11. The molecule has 0 heterocycles. The summed E-state index contributed by atoms with van der Waals surface area (Å²) in [7, 11) is 0. The molecule has 0 aromatic heterocycles. The first-order valence-electron chi connectivity index (χ1n) is 6.79. The molecule has 0 aromatic rings. The zero-order valence-electron chi connectivity index (χ0n) is 12.0. The Bertz CT molecular complexity index is 318. The summed E-state index contributed by atoms with van der Waals surface area (Å²) in [6, 6.07) is 0. The minimum atomic E-state index is -0.471. The molecule has 6 nitrogen and oxygen atoms in total. The van der Waals surface area contributed by atoms with E-state index in [2.05, 4.69) is 10.7 Å². The van der Waals surface area contributed by atoms with E-state index in [1.54, 1.807) is 0 Å². The molecule has 0 aliphatic heterocycles. The van der Waals surface area contributed by atoms with Crippen molar-refractivity contribution in [1.82, 2.24) is 10.7 Å². The van der Waals surface area contributed by atoms with Gasteiger partial charge in [0.2, 0.25) is 5.91 Å². The Balaban J connectivity index is 2.23. The number of amides is 2. The van der Waals surface area contributed by atoms with Crippen LogP contribution in [0.15, 0.2) is 0 Å². The molecule has 0 bridgehead atoms. The van der Waals surface area contributed by atoms with Crippen molar-refractivity contribution in [2.75, 3.05) is 6.54 Å². The summed E-state index contributed by atoms with van der Waals surface area (Å²) in [5.74, 6) is 5.46. The summed E-state index contributed by atoms with van der Waals surface area (Å²) in [5, 5.41) is 2.78. The molecule has 4 N–H and O–H groups in total. The molecule has 0 unspecified atom stereocenters. The molecule has 1 fully saturated rings. The van der Waals surface area contributed by atoms with Crippen LogP contribution in [0.1, 0.15) is 46.5 Å². The molecule has 1 rings (SSSR count). The van der Waals surface area contributed by atoms with Crippen LogP contribution in [-0.4, -0.2) is 24.1 Å². The van der Waals surface area contributed by atoms with E-state index in [0.29, 0.717) is 12.5 Å². The molecule has 19 heavy (non-hydrogen) atoms. The molecule has 1 saturated carbocycles. The van der Waals surface area contributed by atoms with E-state index >= 15 is 0 Å². The van der Waals surface area contributed by atoms with Crippen LogP contribution in [0.3, 0.4) is 0 Å². The van der Waals surface area contributed by atoms with E-state index in [1.807, 2.05) is 20.8 Å². The lowest BCUT2D eigenvalue weighted by Gasteiger charge is -2.28. The first-order chi connectivity index (χ1) is 8.81. The Morgan fingerprint density at radius 2 is 1.79 bits per heavy atom. The van der Waals surface area contributed by atoms with Gasteiger partial charge in [-0.3, -0.25) is 10.2 Å². The van der Waals surface area contributed by atoms with E-state index in [4.69, 9.17) is 10.6 Å². The second kappa shape index (κ2) is 6.75. The van der Waals surface area contributed by atoms with Crippen molar-refractivity contribution in [3.63, 3.8) is 0 Å². The second-order valence-corrected chi connectivity index (χ2v) is 6.11. The third-order valence-electron chi connectivity index (χ3n) is 3.29. The van der Waals surface area contributed by atoms with Crippen LogP contribution in [0, 0.1) is 11.8 Å². The predicted molar refractivity (Wildman–Crippen MR) is 72.0 cm³/mol. The monoisotopic (exact) mass is 271 g/mol. The van der Waals surface area contributed by atoms with Gasteiger partial charge in [-0.1, -0.05) is 0 Å². The van der Waals surface area contributed by atoms with Gasteiger partial charge in [0.05, 0.1) is 0 Å². The van der Waals surface area contributed by atoms with Gasteiger partial charge in [0.1, 0.15) is 5.60 Å². The molecular weight excluding hydrogens is 246 g/mol. The average Bonchev–Trinajstić information content (AvgIpc) is 2.34. The number of ether oxygens (including phenoxy) is 1. The third-order valence-corrected chi connectivity index (χ3v) is 3.29. The lowest BCUT2D eigenvalue weighted by Crippen LogP contribution is -2.39. The van der Waals surface area contributed by atoms with Crippen LogP contribution in [0.25, 0.3) is 0 Å². The highest BCUT2D eigenvalue weighted by atomic mass is 16.6. The number of hydrogen-bond donors (Lipinski definition) is 3. The van der Waals surface area contributed by atoms with Gasteiger partial charge >= 0.3 is 6.09 Å². The third kappa shape index (κ3) is 5.92. The number of nitrogens with one attached hydrogen (secondary N) is 2. The van der Waals surface area contributed by atoms with E-state index in [1.165, 1.54) is 0 Å². The summed E-state index contributed by atoms with van der Waals surface area (Å²) < 4.78 is 5.17. The average molecular weight is 271 g/mol. The Hall–Kier alpha value is -1.30. The summed E-state index contributed by atoms with van der Waals surface area (Å²) in [6.07, 6.45) is 3.11. The fourth-order valence-corrected chi connectivity index (χ4v) is 2.29. The largest absolute Gasteiger partial charge is 0.444 e. The van der Waals surface area contributed by atoms with Crippen LogP contribution < -0.4 is 16.6 Å². The highest BCUT2D eigenvalue weighted by molar-refractivity contribution is 5.78. The van der Waals surface area contributed by atoms with Crippen LogP contribution in [0.5, 0.6) is 0 Å². The SMILES string of the molecule is CC(C)(C)OC(=O)NC[C@H]1CC[C@H](C(=O)NN)CC1. The van der Waals surface area contributed by atoms with Gasteiger partial charge in [0.15, 0.2) is 0 Å². The maximum atomic E-state index is 11.5. The van der Waals surface area contributed by atoms with E-state index in [-0.39, 0.29) is 17.9 Å². The van der Waals surface area contributed by atoms with Crippen molar-refractivity contribution in [1.29, 1.82) is 0 Å². The van der Waals surface area contributed by atoms with Gasteiger partial charge in [-0.2, -0.15) is 0 Å². The van der Waals surface area contributed by atoms with Crippen molar-refractivity contribution in [3.8, 4) is 0 Å². The maximum absolute atomic E-state index is 11.5. The Labute approximate surface area is 114 Å². The molecule has 110 valence electrons. The number of carbonyl (C=O) groups excluding carboxylic acids is 2. The smallest absolute Gasteiger partial charge is 0.407 e. The Morgan fingerprint density at radius 3 is 2.26 bits per heavy atom. The minimum absolute atomic E-state index is 0.0165. The van der Waals surface area contributed by atoms with Crippen molar-refractivity contribution in [2.45, 2.75) is 52.1 Å². The number of carbonyl (C=O) groups is 2. The van der Waals surface area contributed by atoms with Crippen molar-refractivity contribution in [2.24, 2.45) is 17.7 Å². The van der Waals surface area contributed by atoms with Crippen LogP contribution >= 0.6 is 0 Å². The Morgan fingerprint density at radius 1 is 1.21 bits per heavy atom. The van der Waals surface area contributed by atoms with Gasteiger partial charge in [0, 0.05) is 12.5 Å². The van der Waals surface area contributed by atoms with Crippen LogP contribution in [0.4, 0.5) is 4.79 Å². The number of rotatable bonds is 3. The van der Waals surface area contributed by atoms with Gasteiger partial charge in [-0.05, 0) is 52.4 Å². The van der Waals surface area contributed by atoms with Crippen LogP contribution in [0.2, 0.25) is 0 Å². The molecule has 0 saturated heterocycles. The number of alkyl carbamates (subject to hydrolysis) is 1. The zero-order chi connectivity index (χ0) is 14.5. The number of hydrogen-bond acceptors (Lipinski definition) is 4. The predicted octanol–water partition coefficient (Wildman–Crippen LogP) is 1.31. The highest BCUT2D eigenvalue weighted by Gasteiger charge is 2.26. The highest BCUT2D eigenvalue weighted by Crippen LogP contribution is 2.28. The first kappa shape index (κ1) is 15.8. The molecule has 0 radical (unpaired) electrons. The molecule has 0 atom stereocenters. The first-order valence-corrected chi connectivity index (χ1v) is 6.79. The second-order valence-electron chi connectivity index (χ2n) is 6.11. The molecule has 2 amide bonds. The maximum Gasteiger partial charge on any atom is 0.407 e. The molecule has 0 aromatic carbocycles. The van der Waals surface area contributed by atoms with Crippen molar-refractivity contribution >= 4 is 12.0 Å². The summed E-state index contributed by atoms with van der Waals surface area (Å²) in [4.78, 5) is 22.9. The van der Waals surface area contributed by atoms with Gasteiger partial charge in [0.25, 0.3) is 0 Å². The van der Waals surface area contributed by atoms with E-state index in [9.17, 15) is 9.59 Å². The van der Waals surface area contributed by atoms with E-state index < -0.39 is 5.60 Å². The number of hydrazine groups is 1. The van der Waals surface area contributed by atoms with Gasteiger partial charge < -0.3 is 10.1 Å². The quantitative estimate of drug-likeness (QED) is 0.410. The summed E-state index contributed by atoms with van der Waals surface area (Å²) in [5.41, 5.74) is 1.73. The topological polar surface area (TPSA) is 93.4 Å². The molecular formula is C13H25N3O3. The fourth-order valence-electron chi connectivity index (χ4n) is 2.29. The lowest BCUT2D eigenvalue weighted by molar-refractivity contribution is -0.126. The van der Waals surface area contributed by atoms with Crippen LogP contribution in [-0.2, 0) is 9.53 Å². The summed E-state index contributed by atoms with van der Waals surface area (Å²) >= 11 is 0. The molecule has 1 aliphatic carbocycles. The van der Waals surface area contributed by atoms with Gasteiger partial charge in [-0.15, -0.1) is 0 Å². The Kier molecular flexibility index (Phi) is 5.60. The van der Waals surface area contributed by atoms with Crippen molar-refractivity contribution in [3.05, 3.63) is 0 Å².